The summed E-state index contributed by atoms with van der Waals surface area (Å²) in [6, 6.07) is 0. The number of aliphatic hydroxyl groups is 1. The smallest absolute Gasteiger partial charge is 0.0774 e. The lowest BCUT2D eigenvalue weighted by Crippen LogP contribution is -2.42. The van der Waals surface area contributed by atoms with Crippen molar-refractivity contribution in [3.63, 3.8) is 0 Å². The van der Waals surface area contributed by atoms with E-state index >= 15 is 0 Å². The normalized spacial score (nSPS) is 20.6. The van der Waals surface area contributed by atoms with E-state index in [0.717, 1.165) is 39.1 Å². The molecule has 0 unspecified atom stereocenters. The van der Waals surface area contributed by atoms with Crippen LogP contribution in [0.5, 0.6) is 0 Å². The molecule has 0 aromatic rings. The van der Waals surface area contributed by atoms with Gasteiger partial charge in [-0.1, -0.05) is 19.8 Å². The van der Waals surface area contributed by atoms with Crippen LogP contribution in [0.15, 0.2) is 0 Å². The Morgan fingerprint density at radius 1 is 1.36 bits per heavy atom. The van der Waals surface area contributed by atoms with Crippen LogP contribution >= 0.6 is 0 Å². The van der Waals surface area contributed by atoms with E-state index in [1.54, 1.807) is 7.11 Å². The number of likely N-dealkylation sites (N-methyl/N-ethyl adjacent to an activating group) is 1. The highest BCUT2D eigenvalue weighted by molar-refractivity contribution is 4.87. The molecule has 1 aliphatic carbocycles. The number of rotatable bonds is 6. The number of hydrogen-bond donors (Lipinski definition) is 1. The number of hydrogen-bond acceptors (Lipinski definition) is 3. The lowest BCUT2D eigenvalue weighted by molar-refractivity contribution is 0.00488. The van der Waals surface area contributed by atoms with Crippen molar-refractivity contribution in [1.82, 2.24) is 4.90 Å². The zero-order valence-corrected chi connectivity index (χ0v) is 9.46. The van der Waals surface area contributed by atoms with Crippen LogP contribution in [0.3, 0.4) is 0 Å². The fraction of sp³-hybridized carbons (Fsp3) is 1.00. The summed E-state index contributed by atoms with van der Waals surface area (Å²) in [6.45, 7) is 5.62. The highest BCUT2D eigenvalue weighted by Crippen LogP contribution is 2.29. The van der Waals surface area contributed by atoms with Gasteiger partial charge in [0.2, 0.25) is 0 Å². The maximum atomic E-state index is 10.2. The number of methoxy groups -OCH3 is 1. The third kappa shape index (κ3) is 3.56. The summed E-state index contributed by atoms with van der Waals surface area (Å²) < 4.78 is 5.05. The van der Waals surface area contributed by atoms with Gasteiger partial charge >= 0.3 is 0 Å². The molecule has 1 fully saturated rings. The fourth-order valence-corrected chi connectivity index (χ4v) is 2.18. The topological polar surface area (TPSA) is 32.7 Å². The molecular weight excluding hydrogens is 178 g/mol. The molecule has 1 rings (SSSR count). The van der Waals surface area contributed by atoms with Gasteiger partial charge in [-0.05, 0) is 19.4 Å². The van der Waals surface area contributed by atoms with E-state index in [1.807, 2.05) is 0 Å². The van der Waals surface area contributed by atoms with Gasteiger partial charge in [-0.15, -0.1) is 0 Å². The Kier molecular flexibility index (Phi) is 4.85. The molecule has 1 aliphatic rings. The molecule has 0 atom stereocenters. The molecule has 0 heterocycles. The van der Waals surface area contributed by atoms with Crippen molar-refractivity contribution in [2.75, 3.05) is 33.4 Å². The molecule has 0 bridgehead atoms. The van der Waals surface area contributed by atoms with Crippen LogP contribution in [0.2, 0.25) is 0 Å². The quantitative estimate of drug-likeness (QED) is 0.702. The lowest BCUT2D eigenvalue weighted by atomic mass is 10.0. The van der Waals surface area contributed by atoms with Gasteiger partial charge in [-0.2, -0.15) is 0 Å². The van der Waals surface area contributed by atoms with Crippen LogP contribution < -0.4 is 0 Å². The first-order valence-electron chi connectivity index (χ1n) is 5.64. The summed E-state index contributed by atoms with van der Waals surface area (Å²) in [5.74, 6) is 0. The molecule has 1 N–H and O–H groups in total. The monoisotopic (exact) mass is 201 g/mol. The molecule has 0 aliphatic heterocycles. The molecule has 0 saturated heterocycles. The highest BCUT2D eigenvalue weighted by Gasteiger charge is 2.32. The van der Waals surface area contributed by atoms with Gasteiger partial charge in [0, 0.05) is 20.2 Å². The highest BCUT2D eigenvalue weighted by atomic mass is 16.5. The van der Waals surface area contributed by atoms with Crippen molar-refractivity contribution in [3.05, 3.63) is 0 Å². The summed E-state index contributed by atoms with van der Waals surface area (Å²) in [6.07, 6.45) is 4.30. The molecule has 0 spiro atoms. The minimum Gasteiger partial charge on any atom is -0.389 e. The summed E-state index contributed by atoms with van der Waals surface area (Å²) in [5.41, 5.74) is -0.413. The third-order valence-corrected chi connectivity index (χ3v) is 3.11. The Labute approximate surface area is 87.1 Å². The second-order valence-corrected chi connectivity index (χ2v) is 4.29. The van der Waals surface area contributed by atoms with E-state index in [2.05, 4.69) is 11.8 Å². The van der Waals surface area contributed by atoms with Crippen molar-refractivity contribution in [1.29, 1.82) is 0 Å². The van der Waals surface area contributed by atoms with Crippen LogP contribution in [0, 0.1) is 0 Å². The first kappa shape index (κ1) is 12.0. The van der Waals surface area contributed by atoms with E-state index in [4.69, 9.17) is 4.74 Å². The predicted molar refractivity (Wildman–Crippen MR) is 57.4 cm³/mol. The van der Waals surface area contributed by atoms with E-state index < -0.39 is 5.60 Å². The van der Waals surface area contributed by atoms with Gasteiger partial charge in [0.15, 0.2) is 0 Å². The number of ether oxygens (including phenoxy) is 1. The third-order valence-electron chi connectivity index (χ3n) is 3.11. The Hall–Kier alpha value is -0.120. The summed E-state index contributed by atoms with van der Waals surface area (Å²) >= 11 is 0. The summed E-state index contributed by atoms with van der Waals surface area (Å²) in [5, 5.41) is 10.2. The zero-order valence-electron chi connectivity index (χ0n) is 9.46. The van der Waals surface area contributed by atoms with Crippen molar-refractivity contribution >= 4 is 0 Å². The van der Waals surface area contributed by atoms with E-state index in [9.17, 15) is 5.11 Å². The second-order valence-electron chi connectivity index (χ2n) is 4.29. The molecule has 1 saturated carbocycles. The average molecular weight is 201 g/mol. The Morgan fingerprint density at radius 3 is 2.50 bits per heavy atom. The Bertz CT molecular complexity index is 155. The Balaban J connectivity index is 2.30. The maximum absolute atomic E-state index is 10.2. The van der Waals surface area contributed by atoms with Gasteiger partial charge in [-0.25, -0.2) is 0 Å². The SMILES string of the molecule is CCN(CCOC)CC1(O)CCCC1. The van der Waals surface area contributed by atoms with Crippen LogP contribution in [0.25, 0.3) is 0 Å². The molecular formula is C11H23NO2. The molecule has 14 heavy (non-hydrogen) atoms. The van der Waals surface area contributed by atoms with Crippen molar-refractivity contribution in [2.24, 2.45) is 0 Å². The minimum absolute atomic E-state index is 0.413. The van der Waals surface area contributed by atoms with E-state index in [-0.39, 0.29) is 0 Å². The number of nitrogens with zero attached hydrogens (tertiary/aromatic N) is 1. The van der Waals surface area contributed by atoms with Gasteiger partial charge < -0.3 is 9.84 Å². The van der Waals surface area contributed by atoms with Gasteiger partial charge in [0.25, 0.3) is 0 Å². The molecule has 0 amide bonds. The summed E-state index contributed by atoms with van der Waals surface area (Å²) in [4.78, 5) is 2.27. The molecule has 3 heteroatoms. The standard InChI is InChI=1S/C11H23NO2/c1-3-12(8-9-14-2)10-11(13)6-4-5-7-11/h13H,3-10H2,1-2H3. The summed E-state index contributed by atoms with van der Waals surface area (Å²) in [7, 11) is 1.72. The van der Waals surface area contributed by atoms with Crippen LogP contribution in [0.1, 0.15) is 32.6 Å². The second kappa shape index (κ2) is 5.69. The first-order chi connectivity index (χ1) is 6.70. The molecule has 0 aromatic carbocycles. The fourth-order valence-electron chi connectivity index (χ4n) is 2.18. The predicted octanol–water partition coefficient (Wildman–Crippen LogP) is 1.26. The van der Waals surface area contributed by atoms with E-state index in [1.165, 1.54) is 12.8 Å². The van der Waals surface area contributed by atoms with Crippen LogP contribution in [0.4, 0.5) is 0 Å². The Morgan fingerprint density at radius 2 is 2.00 bits per heavy atom. The molecule has 0 aromatic heterocycles. The van der Waals surface area contributed by atoms with Crippen LogP contribution in [-0.4, -0.2) is 49.0 Å². The van der Waals surface area contributed by atoms with Gasteiger partial charge in [0.05, 0.1) is 12.2 Å². The van der Waals surface area contributed by atoms with Crippen LogP contribution in [-0.2, 0) is 4.74 Å². The average Bonchev–Trinajstić information content (AvgIpc) is 2.60. The van der Waals surface area contributed by atoms with E-state index in [0.29, 0.717) is 0 Å². The molecule has 0 radical (unpaired) electrons. The molecule has 3 nitrogen and oxygen atoms in total. The van der Waals surface area contributed by atoms with Gasteiger partial charge in [-0.3, -0.25) is 4.90 Å². The molecule has 84 valence electrons. The van der Waals surface area contributed by atoms with Crippen molar-refractivity contribution < 1.29 is 9.84 Å². The minimum atomic E-state index is -0.413. The largest absolute Gasteiger partial charge is 0.389 e. The van der Waals surface area contributed by atoms with Crippen molar-refractivity contribution in [2.45, 2.75) is 38.2 Å². The van der Waals surface area contributed by atoms with Crippen molar-refractivity contribution in [3.8, 4) is 0 Å². The zero-order chi connectivity index (χ0) is 10.4. The maximum Gasteiger partial charge on any atom is 0.0774 e. The lowest BCUT2D eigenvalue weighted by Gasteiger charge is -2.30. The first-order valence-corrected chi connectivity index (χ1v) is 5.64. The van der Waals surface area contributed by atoms with Gasteiger partial charge in [0.1, 0.15) is 0 Å².